The Bertz CT molecular complexity index is 872. The largest absolute Gasteiger partial charge is 0.340 e. The molecule has 1 saturated heterocycles. The van der Waals surface area contributed by atoms with Gasteiger partial charge in [-0.25, -0.2) is 8.42 Å². The Morgan fingerprint density at radius 2 is 2.20 bits per heavy atom. The molecule has 9 heteroatoms. The van der Waals surface area contributed by atoms with Crippen LogP contribution in [0, 0.1) is 6.92 Å². The Balaban J connectivity index is 1.77. The number of sulfonamides is 1. The second-order valence-electron chi connectivity index (χ2n) is 6.36. The van der Waals surface area contributed by atoms with Gasteiger partial charge in [0.05, 0.1) is 6.20 Å². The van der Waals surface area contributed by atoms with Crippen LogP contribution in [0.3, 0.4) is 0 Å². The number of nitrogens with zero attached hydrogens (tertiary/aromatic N) is 4. The molecule has 0 radical (unpaired) electrons. The van der Waals surface area contributed by atoms with E-state index in [1.807, 2.05) is 20.2 Å². The van der Waals surface area contributed by atoms with Crippen LogP contribution in [0.1, 0.15) is 23.3 Å². The molecule has 1 unspecified atom stereocenters. The molecule has 1 amide bonds. The molecule has 0 aromatic carbocycles. The van der Waals surface area contributed by atoms with E-state index in [0.717, 1.165) is 10.4 Å². The minimum Gasteiger partial charge on any atom is -0.340 e. The summed E-state index contributed by atoms with van der Waals surface area (Å²) in [4.78, 5) is 15.4. The first-order valence-electron chi connectivity index (χ1n) is 8.10. The van der Waals surface area contributed by atoms with Crippen LogP contribution in [0.5, 0.6) is 0 Å². The van der Waals surface area contributed by atoms with Crippen molar-refractivity contribution in [1.29, 1.82) is 0 Å². The number of rotatable bonds is 5. The molecule has 136 valence electrons. The molecular weight excluding hydrogens is 360 g/mol. The monoisotopic (exact) mass is 382 g/mol. The van der Waals surface area contributed by atoms with Crippen molar-refractivity contribution in [3.63, 3.8) is 0 Å². The maximum atomic E-state index is 12.9. The first kappa shape index (κ1) is 18.1. The number of hydrogen-bond acceptors (Lipinski definition) is 5. The molecule has 0 saturated carbocycles. The van der Waals surface area contributed by atoms with E-state index in [-0.39, 0.29) is 5.91 Å². The molecule has 0 aliphatic carbocycles. The average Bonchev–Trinajstić information content (AvgIpc) is 3.27. The molecule has 25 heavy (non-hydrogen) atoms. The number of carbonyl (C=O) groups is 1. The lowest BCUT2D eigenvalue weighted by molar-refractivity contribution is -0.133. The van der Waals surface area contributed by atoms with Gasteiger partial charge in [-0.1, -0.05) is 0 Å². The lowest BCUT2D eigenvalue weighted by Gasteiger charge is -2.26. The Hall–Kier alpha value is -1.71. The highest BCUT2D eigenvalue weighted by molar-refractivity contribution is 7.91. The minimum absolute atomic E-state index is 0.168. The van der Waals surface area contributed by atoms with Gasteiger partial charge in [0.25, 0.3) is 10.0 Å². The summed E-state index contributed by atoms with van der Waals surface area (Å²) in [5.74, 6) is -0.168. The fourth-order valence-electron chi connectivity index (χ4n) is 3.10. The fraction of sp³-hybridized carbons (Fsp3) is 0.500. The van der Waals surface area contributed by atoms with Crippen LogP contribution < -0.4 is 0 Å². The predicted molar refractivity (Wildman–Crippen MR) is 95.7 cm³/mol. The van der Waals surface area contributed by atoms with Crippen molar-refractivity contribution >= 4 is 27.3 Å². The molecule has 7 nitrogen and oxygen atoms in total. The van der Waals surface area contributed by atoms with Gasteiger partial charge in [-0.2, -0.15) is 9.40 Å². The molecule has 2 aromatic rings. The van der Waals surface area contributed by atoms with E-state index in [0.29, 0.717) is 30.1 Å². The van der Waals surface area contributed by atoms with Crippen LogP contribution in [-0.2, 0) is 28.4 Å². The molecule has 3 heterocycles. The number of thiophene rings is 1. The van der Waals surface area contributed by atoms with Crippen LogP contribution in [0.4, 0.5) is 0 Å². The summed E-state index contributed by atoms with van der Waals surface area (Å²) < 4.78 is 29.1. The lowest BCUT2D eigenvalue weighted by atomic mass is 10.2. The highest BCUT2D eigenvalue weighted by Gasteiger charge is 2.41. The molecule has 2 aromatic heterocycles. The van der Waals surface area contributed by atoms with Crippen LogP contribution in [0.2, 0.25) is 0 Å². The van der Waals surface area contributed by atoms with Crippen LogP contribution in [0.25, 0.3) is 0 Å². The van der Waals surface area contributed by atoms with Crippen molar-refractivity contribution < 1.29 is 13.2 Å². The Kier molecular flexibility index (Phi) is 4.99. The Labute approximate surface area is 151 Å². The summed E-state index contributed by atoms with van der Waals surface area (Å²) >= 11 is 1.24. The molecule has 1 aliphatic heterocycles. The molecule has 1 atom stereocenters. The van der Waals surface area contributed by atoms with E-state index >= 15 is 0 Å². The predicted octanol–water partition coefficient (Wildman–Crippen LogP) is 1.60. The second kappa shape index (κ2) is 6.89. The minimum atomic E-state index is -3.63. The maximum absolute atomic E-state index is 12.9. The maximum Gasteiger partial charge on any atom is 0.253 e. The Morgan fingerprint density at radius 1 is 1.44 bits per heavy atom. The van der Waals surface area contributed by atoms with Crippen LogP contribution >= 0.6 is 11.3 Å². The summed E-state index contributed by atoms with van der Waals surface area (Å²) in [6.07, 6.45) is 4.81. The summed E-state index contributed by atoms with van der Waals surface area (Å²) in [6.45, 7) is 2.67. The van der Waals surface area contributed by atoms with Crippen molar-refractivity contribution in [3.8, 4) is 0 Å². The van der Waals surface area contributed by atoms with E-state index in [4.69, 9.17) is 0 Å². The number of amides is 1. The summed E-state index contributed by atoms with van der Waals surface area (Å²) in [6, 6.07) is 2.78. The SMILES string of the molecule is Cc1ccc(S(=O)(=O)N2CCCC2C(=O)N(C)Cc2cnn(C)c2)s1. The number of aryl methyl sites for hydroxylation is 2. The topological polar surface area (TPSA) is 75.5 Å². The van der Waals surface area contributed by atoms with Crippen LogP contribution in [0.15, 0.2) is 28.7 Å². The highest BCUT2D eigenvalue weighted by Crippen LogP contribution is 2.30. The zero-order valence-corrected chi connectivity index (χ0v) is 16.2. The molecule has 0 bridgehead atoms. The second-order valence-corrected chi connectivity index (χ2v) is 9.76. The molecule has 1 aliphatic rings. The van der Waals surface area contributed by atoms with Crippen LogP contribution in [-0.4, -0.2) is 52.9 Å². The summed E-state index contributed by atoms with van der Waals surface area (Å²) in [5.41, 5.74) is 0.916. The normalized spacial score (nSPS) is 18.6. The third-order valence-electron chi connectivity index (χ3n) is 4.32. The number of hydrogen-bond donors (Lipinski definition) is 0. The quantitative estimate of drug-likeness (QED) is 0.787. The standard InChI is InChI=1S/C16H22N4O3S2/c1-12-6-7-15(24-12)25(22,23)20-8-4-5-14(20)16(21)18(2)10-13-9-17-19(3)11-13/h6-7,9,11,14H,4-5,8,10H2,1-3H3. The van der Waals surface area contributed by atoms with E-state index in [9.17, 15) is 13.2 Å². The van der Waals surface area contributed by atoms with Crippen molar-refractivity contribution in [3.05, 3.63) is 35.0 Å². The van der Waals surface area contributed by atoms with Gasteiger partial charge in [0, 0.05) is 43.8 Å². The van der Waals surface area contributed by atoms with Crippen molar-refractivity contribution in [2.45, 2.75) is 36.6 Å². The van der Waals surface area contributed by atoms with Gasteiger partial charge in [0.2, 0.25) is 5.91 Å². The lowest BCUT2D eigenvalue weighted by Crippen LogP contribution is -2.46. The smallest absolute Gasteiger partial charge is 0.253 e. The molecule has 3 rings (SSSR count). The fourth-order valence-corrected chi connectivity index (χ4v) is 6.16. The third kappa shape index (κ3) is 3.63. The summed E-state index contributed by atoms with van der Waals surface area (Å²) in [7, 11) is -0.105. The number of likely N-dealkylation sites (N-methyl/N-ethyl adjacent to an activating group) is 1. The van der Waals surface area contributed by atoms with E-state index in [1.165, 1.54) is 15.6 Å². The van der Waals surface area contributed by atoms with Gasteiger partial charge in [0.1, 0.15) is 10.3 Å². The van der Waals surface area contributed by atoms with E-state index in [2.05, 4.69) is 5.10 Å². The first-order chi connectivity index (χ1) is 11.8. The Morgan fingerprint density at radius 3 is 2.80 bits per heavy atom. The van der Waals surface area contributed by atoms with Gasteiger partial charge >= 0.3 is 0 Å². The van der Waals surface area contributed by atoms with E-state index < -0.39 is 16.1 Å². The third-order valence-corrected chi connectivity index (χ3v) is 7.70. The molecular formula is C16H22N4O3S2. The summed E-state index contributed by atoms with van der Waals surface area (Å²) in [5, 5.41) is 4.10. The molecule has 0 N–H and O–H groups in total. The van der Waals surface area contributed by atoms with Gasteiger partial charge in [-0.05, 0) is 31.9 Å². The van der Waals surface area contributed by atoms with Crippen molar-refractivity contribution in [2.24, 2.45) is 7.05 Å². The zero-order chi connectivity index (χ0) is 18.2. The number of aromatic nitrogens is 2. The number of carbonyl (C=O) groups excluding carboxylic acids is 1. The van der Waals surface area contributed by atoms with E-state index in [1.54, 1.807) is 35.0 Å². The zero-order valence-electron chi connectivity index (χ0n) is 14.5. The molecule has 0 spiro atoms. The van der Waals surface area contributed by atoms with Gasteiger partial charge < -0.3 is 4.90 Å². The van der Waals surface area contributed by atoms with Crippen molar-refractivity contribution in [1.82, 2.24) is 19.0 Å². The van der Waals surface area contributed by atoms with Crippen molar-refractivity contribution in [2.75, 3.05) is 13.6 Å². The average molecular weight is 383 g/mol. The molecule has 1 fully saturated rings. The van der Waals surface area contributed by atoms with Gasteiger partial charge in [0.15, 0.2) is 0 Å². The van der Waals surface area contributed by atoms with Gasteiger partial charge in [-0.3, -0.25) is 9.48 Å². The van der Waals surface area contributed by atoms with Gasteiger partial charge in [-0.15, -0.1) is 11.3 Å². The highest BCUT2D eigenvalue weighted by atomic mass is 32.2. The first-order valence-corrected chi connectivity index (χ1v) is 10.4.